The maximum atomic E-state index is 12.2. The highest BCUT2D eigenvalue weighted by molar-refractivity contribution is 6.30. The van der Waals surface area contributed by atoms with Crippen LogP contribution < -0.4 is 15.5 Å². The molecule has 0 spiro atoms. The van der Waals surface area contributed by atoms with Crippen molar-refractivity contribution in [2.24, 2.45) is 0 Å². The molecule has 1 fully saturated rings. The topological polar surface area (TPSA) is 99.2 Å². The number of likely N-dealkylation sites (N-methyl/N-ethyl adjacent to an activating group) is 2. The molecule has 1 aliphatic rings. The Morgan fingerprint density at radius 3 is 2.72 bits per heavy atom. The third-order valence-corrected chi connectivity index (χ3v) is 6.38. The lowest BCUT2D eigenvalue weighted by molar-refractivity contribution is -0.111. The van der Waals surface area contributed by atoms with Gasteiger partial charge < -0.3 is 20.4 Å². The van der Waals surface area contributed by atoms with Gasteiger partial charge in [0.25, 0.3) is 0 Å². The molecule has 182 valence electrons. The van der Waals surface area contributed by atoms with Gasteiger partial charge in [0.05, 0.1) is 28.0 Å². The minimum Gasteiger partial charge on any atom is -0.367 e. The fraction of sp³-hybridized carbons (Fsp3) is 0.192. The van der Waals surface area contributed by atoms with Crippen LogP contribution in [0.25, 0.3) is 22.0 Å². The van der Waals surface area contributed by atoms with E-state index in [0.717, 1.165) is 46.5 Å². The molecular weight excluding hydrogens is 476 g/mol. The van der Waals surface area contributed by atoms with Crippen molar-refractivity contribution in [3.63, 3.8) is 0 Å². The van der Waals surface area contributed by atoms with Crippen LogP contribution in [0.5, 0.6) is 0 Å². The lowest BCUT2D eigenvalue weighted by Crippen LogP contribution is -2.56. The van der Waals surface area contributed by atoms with Gasteiger partial charge in [0.2, 0.25) is 11.9 Å². The van der Waals surface area contributed by atoms with Crippen LogP contribution in [0.4, 0.5) is 23.0 Å². The molecular formula is C26H25ClN8O. The summed E-state index contributed by atoms with van der Waals surface area (Å²) in [5.74, 6) is 0.134. The largest absolute Gasteiger partial charge is 0.367 e. The van der Waals surface area contributed by atoms with E-state index >= 15 is 0 Å². The van der Waals surface area contributed by atoms with Crippen LogP contribution in [0, 0.1) is 0 Å². The number of amides is 1. The number of rotatable bonds is 7. The van der Waals surface area contributed by atoms with Crippen LogP contribution in [0.2, 0.25) is 5.02 Å². The van der Waals surface area contributed by atoms with Gasteiger partial charge in [0, 0.05) is 73.3 Å². The molecule has 5 rings (SSSR count). The molecule has 0 bridgehead atoms. The lowest BCUT2D eigenvalue weighted by Gasteiger charge is -2.43. The molecule has 36 heavy (non-hydrogen) atoms. The van der Waals surface area contributed by atoms with Crippen molar-refractivity contribution in [3.05, 3.63) is 72.9 Å². The number of carbonyl (C=O) groups excluding carboxylic acids is 1. The number of hydrogen-bond acceptors (Lipinski definition) is 8. The van der Waals surface area contributed by atoms with Crippen molar-refractivity contribution in [2.75, 3.05) is 42.7 Å². The van der Waals surface area contributed by atoms with E-state index in [1.54, 1.807) is 31.0 Å². The minimum absolute atomic E-state index is 0.276. The van der Waals surface area contributed by atoms with Gasteiger partial charge in [0.1, 0.15) is 0 Å². The number of nitrogens with one attached hydrogen (secondary N) is 2. The Morgan fingerprint density at radius 1 is 1.17 bits per heavy atom. The van der Waals surface area contributed by atoms with Gasteiger partial charge in [-0.3, -0.25) is 14.8 Å². The van der Waals surface area contributed by atoms with Crippen molar-refractivity contribution in [3.8, 4) is 11.1 Å². The van der Waals surface area contributed by atoms with E-state index in [2.05, 4.69) is 49.0 Å². The lowest BCUT2D eigenvalue weighted by atomic mass is 10.1. The number of halogens is 1. The van der Waals surface area contributed by atoms with Crippen LogP contribution in [-0.4, -0.2) is 64.0 Å². The number of pyridine rings is 2. The average Bonchev–Trinajstić information content (AvgIpc) is 2.86. The molecule has 0 atom stereocenters. The standard InChI is InChI=1S/C26H25ClN8O/c1-4-24(36)32-22-8-19(5-6-23(22)35(3)20-14-34(2)15-20)31-26-30-11-17-10-29-13-21(25(17)33-26)16-7-18(27)12-28-9-16/h4-13,20H,1,14-15H2,2-3H3,(H,32,36)(H,30,31,33). The van der Waals surface area contributed by atoms with E-state index in [1.807, 2.05) is 31.3 Å². The number of likely N-dealkylation sites (tertiary alicyclic amines) is 1. The molecule has 0 radical (unpaired) electrons. The van der Waals surface area contributed by atoms with Gasteiger partial charge in [-0.1, -0.05) is 18.2 Å². The molecule has 1 amide bonds. The predicted octanol–water partition coefficient (Wildman–Crippen LogP) is 4.36. The molecule has 3 aromatic heterocycles. The Balaban J connectivity index is 1.48. The van der Waals surface area contributed by atoms with E-state index in [0.29, 0.717) is 22.7 Å². The Labute approximate surface area is 213 Å². The highest BCUT2D eigenvalue weighted by Crippen LogP contribution is 2.33. The van der Waals surface area contributed by atoms with E-state index in [4.69, 9.17) is 16.6 Å². The van der Waals surface area contributed by atoms with Gasteiger partial charge >= 0.3 is 0 Å². The van der Waals surface area contributed by atoms with Gasteiger partial charge in [-0.05, 0) is 37.4 Å². The van der Waals surface area contributed by atoms with Crippen molar-refractivity contribution in [1.29, 1.82) is 0 Å². The third kappa shape index (κ3) is 4.84. The number of hydrogen-bond donors (Lipinski definition) is 2. The molecule has 9 nitrogen and oxygen atoms in total. The summed E-state index contributed by atoms with van der Waals surface area (Å²) in [4.78, 5) is 34.3. The Bertz CT molecular complexity index is 1450. The van der Waals surface area contributed by atoms with E-state index < -0.39 is 0 Å². The molecule has 0 saturated carbocycles. The van der Waals surface area contributed by atoms with Gasteiger partial charge in [-0.2, -0.15) is 0 Å². The summed E-state index contributed by atoms with van der Waals surface area (Å²) in [6.45, 7) is 5.51. The molecule has 4 aromatic rings. The third-order valence-electron chi connectivity index (χ3n) is 6.17. The van der Waals surface area contributed by atoms with Crippen molar-refractivity contribution >= 4 is 51.4 Å². The zero-order chi connectivity index (χ0) is 25.2. The quantitative estimate of drug-likeness (QED) is 0.361. The summed E-state index contributed by atoms with van der Waals surface area (Å²) in [5, 5.41) is 7.51. The summed E-state index contributed by atoms with van der Waals surface area (Å²) in [7, 11) is 4.13. The number of benzene rings is 1. The zero-order valence-corrected chi connectivity index (χ0v) is 20.7. The summed E-state index contributed by atoms with van der Waals surface area (Å²) < 4.78 is 0. The average molecular weight is 501 g/mol. The number of anilines is 4. The van der Waals surface area contributed by atoms with Gasteiger partial charge in [0.15, 0.2) is 0 Å². The fourth-order valence-electron chi connectivity index (χ4n) is 4.23. The first-order valence-corrected chi connectivity index (χ1v) is 11.8. The summed E-state index contributed by atoms with van der Waals surface area (Å²) >= 11 is 6.15. The second-order valence-electron chi connectivity index (χ2n) is 8.75. The maximum absolute atomic E-state index is 12.2. The maximum Gasteiger partial charge on any atom is 0.247 e. The summed E-state index contributed by atoms with van der Waals surface area (Å²) in [5.41, 5.74) is 4.67. The first-order chi connectivity index (χ1) is 17.4. The molecule has 10 heteroatoms. The Kier molecular flexibility index (Phi) is 6.49. The van der Waals surface area contributed by atoms with E-state index in [-0.39, 0.29) is 5.91 Å². The summed E-state index contributed by atoms with van der Waals surface area (Å²) in [6.07, 6.45) is 9.73. The van der Waals surface area contributed by atoms with Crippen molar-refractivity contribution in [1.82, 2.24) is 24.8 Å². The molecule has 4 heterocycles. The predicted molar refractivity (Wildman–Crippen MR) is 144 cm³/mol. The molecule has 1 saturated heterocycles. The smallest absolute Gasteiger partial charge is 0.247 e. The van der Waals surface area contributed by atoms with Crippen LogP contribution in [-0.2, 0) is 4.79 Å². The number of carbonyl (C=O) groups is 1. The normalized spacial score (nSPS) is 13.8. The number of nitrogens with zero attached hydrogens (tertiary/aromatic N) is 6. The van der Waals surface area contributed by atoms with Gasteiger partial charge in [-0.15, -0.1) is 0 Å². The molecule has 0 aliphatic carbocycles. The minimum atomic E-state index is -0.276. The fourth-order valence-corrected chi connectivity index (χ4v) is 4.40. The first-order valence-electron chi connectivity index (χ1n) is 11.4. The molecule has 0 unspecified atom stereocenters. The molecule has 1 aromatic carbocycles. The second kappa shape index (κ2) is 9.88. The molecule has 2 N–H and O–H groups in total. The van der Waals surface area contributed by atoms with Crippen LogP contribution in [0.15, 0.2) is 67.9 Å². The van der Waals surface area contributed by atoms with Crippen LogP contribution in [0.1, 0.15) is 0 Å². The van der Waals surface area contributed by atoms with Crippen molar-refractivity contribution < 1.29 is 4.79 Å². The highest BCUT2D eigenvalue weighted by Gasteiger charge is 2.28. The summed E-state index contributed by atoms with van der Waals surface area (Å²) in [6, 6.07) is 8.00. The highest BCUT2D eigenvalue weighted by atomic mass is 35.5. The second-order valence-corrected chi connectivity index (χ2v) is 9.18. The van der Waals surface area contributed by atoms with Gasteiger partial charge in [-0.25, -0.2) is 9.97 Å². The SMILES string of the molecule is C=CC(=O)Nc1cc(Nc2ncc3cncc(-c4cncc(Cl)c4)c3n2)ccc1N(C)C1CN(C)C1. The van der Waals surface area contributed by atoms with Crippen LogP contribution in [0.3, 0.4) is 0 Å². The van der Waals surface area contributed by atoms with E-state index in [1.165, 1.54) is 6.08 Å². The van der Waals surface area contributed by atoms with Crippen LogP contribution >= 0.6 is 11.6 Å². The number of fused-ring (bicyclic) bond motifs is 1. The Hall–Kier alpha value is -4.08. The molecule has 1 aliphatic heterocycles. The first kappa shape index (κ1) is 23.7. The monoisotopic (exact) mass is 500 g/mol. The number of aromatic nitrogens is 4. The zero-order valence-electron chi connectivity index (χ0n) is 19.9. The Morgan fingerprint density at radius 2 is 1.97 bits per heavy atom. The van der Waals surface area contributed by atoms with Crippen molar-refractivity contribution in [2.45, 2.75) is 6.04 Å². The van der Waals surface area contributed by atoms with E-state index in [9.17, 15) is 4.79 Å².